The van der Waals surface area contributed by atoms with Gasteiger partial charge in [0.2, 0.25) is 0 Å². The van der Waals surface area contributed by atoms with Crippen molar-refractivity contribution in [3.8, 4) is 0 Å². The van der Waals surface area contributed by atoms with Crippen LogP contribution in [0.4, 0.5) is 5.69 Å². The minimum Gasteiger partial charge on any atom is -0.389 e. The first-order chi connectivity index (χ1) is 8.54. The predicted molar refractivity (Wildman–Crippen MR) is 81.3 cm³/mol. The van der Waals surface area contributed by atoms with Gasteiger partial charge in [-0.2, -0.15) is 0 Å². The van der Waals surface area contributed by atoms with Gasteiger partial charge in [0.05, 0.1) is 6.61 Å². The first-order valence-electron chi connectivity index (χ1n) is 6.18. The summed E-state index contributed by atoms with van der Waals surface area (Å²) in [6.45, 7) is 7.05. The fourth-order valence-electron chi connectivity index (χ4n) is 1.80. The zero-order chi connectivity index (χ0) is 13.5. The lowest BCUT2D eigenvalue weighted by Gasteiger charge is -2.26. The Balaban J connectivity index is 2.80. The molecule has 100 valence electrons. The first kappa shape index (κ1) is 14.9. The van der Waals surface area contributed by atoms with Crippen LogP contribution in [0.15, 0.2) is 24.3 Å². The number of benzene rings is 1. The third-order valence-corrected chi connectivity index (χ3v) is 2.90. The molecule has 0 aliphatic rings. The maximum atomic E-state index is 5.60. The molecule has 0 atom stereocenters. The van der Waals surface area contributed by atoms with Crippen LogP contribution in [0.5, 0.6) is 0 Å². The second kappa shape index (κ2) is 7.34. The molecule has 1 aromatic rings. The van der Waals surface area contributed by atoms with Gasteiger partial charge < -0.3 is 15.4 Å². The number of rotatable bonds is 7. The summed E-state index contributed by atoms with van der Waals surface area (Å²) < 4.78 is 5.15. The van der Waals surface area contributed by atoms with Crippen LogP contribution >= 0.6 is 12.2 Å². The Hall–Kier alpha value is -1.13. The molecule has 0 saturated heterocycles. The van der Waals surface area contributed by atoms with Crippen molar-refractivity contribution in [2.75, 3.05) is 31.7 Å². The highest BCUT2D eigenvalue weighted by molar-refractivity contribution is 7.80. The van der Waals surface area contributed by atoms with Crippen LogP contribution in [0.25, 0.3) is 0 Å². The van der Waals surface area contributed by atoms with Gasteiger partial charge in [-0.15, -0.1) is 0 Å². The van der Waals surface area contributed by atoms with Gasteiger partial charge in [-0.05, 0) is 30.2 Å². The summed E-state index contributed by atoms with van der Waals surface area (Å²) in [6.07, 6.45) is 0. The van der Waals surface area contributed by atoms with E-state index in [1.165, 1.54) is 5.69 Å². The van der Waals surface area contributed by atoms with Crippen LogP contribution in [0, 0.1) is 5.92 Å². The average molecular weight is 266 g/mol. The van der Waals surface area contributed by atoms with Gasteiger partial charge in [-0.3, -0.25) is 0 Å². The second-order valence-electron chi connectivity index (χ2n) is 4.74. The molecule has 0 heterocycles. The molecule has 0 unspecified atom stereocenters. The Kier molecular flexibility index (Phi) is 6.09. The Bertz CT molecular complexity index is 376. The van der Waals surface area contributed by atoms with Crippen LogP contribution in [-0.2, 0) is 4.74 Å². The molecular weight excluding hydrogens is 244 g/mol. The molecule has 0 radical (unpaired) electrons. The Morgan fingerprint density at radius 1 is 1.33 bits per heavy atom. The van der Waals surface area contributed by atoms with Crippen LogP contribution < -0.4 is 10.6 Å². The summed E-state index contributed by atoms with van der Waals surface area (Å²) in [5, 5.41) is 0. The SMILES string of the molecule is COCCN(CC(C)C)c1ccc(C(N)=S)cc1. The normalized spacial score (nSPS) is 10.7. The smallest absolute Gasteiger partial charge is 0.103 e. The number of hydrogen-bond acceptors (Lipinski definition) is 3. The predicted octanol–water partition coefficient (Wildman–Crippen LogP) is 2.43. The highest BCUT2D eigenvalue weighted by Crippen LogP contribution is 2.16. The Labute approximate surface area is 115 Å². The number of thiocarbonyl (C=S) groups is 1. The number of anilines is 1. The number of nitrogens with zero attached hydrogens (tertiary/aromatic N) is 1. The summed E-state index contributed by atoms with van der Waals surface area (Å²) in [7, 11) is 1.73. The van der Waals surface area contributed by atoms with E-state index in [1.54, 1.807) is 7.11 Å². The number of ether oxygens (including phenoxy) is 1. The zero-order valence-corrected chi connectivity index (χ0v) is 12.2. The van der Waals surface area contributed by atoms with Crippen molar-refractivity contribution in [1.82, 2.24) is 0 Å². The van der Waals surface area contributed by atoms with Crippen LogP contribution in [0.1, 0.15) is 19.4 Å². The molecule has 1 aromatic carbocycles. The summed E-state index contributed by atoms with van der Waals surface area (Å²) in [6, 6.07) is 8.06. The van der Waals surface area contributed by atoms with Crippen molar-refractivity contribution >= 4 is 22.9 Å². The lowest BCUT2D eigenvalue weighted by molar-refractivity contribution is 0.204. The fraction of sp³-hybridized carbons (Fsp3) is 0.500. The van der Waals surface area contributed by atoms with Gasteiger partial charge in [0.15, 0.2) is 0 Å². The van der Waals surface area contributed by atoms with Gasteiger partial charge in [-0.25, -0.2) is 0 Å². The Morgan fingerprint density at radius 3 is 2.39 bits per heavy atom. The molecule has 3 nitrogen and oxygen atoms in total. The third-order valence-electron chi connectivity index (χ3n) is 2.67. The first-order valence-corrected chi connectivity index (χ1v) is 6.59. The van der Waals surface area contributed by atoms with Crippen LogP contribution in [-0.4, -0.2) is 31.8 Å². The van der Waals surface area contributed by atoms with E-state index in [9.17, 15) is 0 Å². The maximum Gasteiger partial charge on any atom is 0.103 e. The summed E-state index contributed by atoms with van der Waals surface area (Å²) in [4.78, 5) is 2.76. The number of methoxy groups -OCH3 is 1. The van der Waals surface area contributed by atoms with Crippen molar-refractivity contribution in [3.63, 3.8) is 0 Å². The van der Waals surface area contributed by atoms with E-state index in [1.807, 2.05) is 12.1 Å². The molecule has 0 aliphatic heterocycles. The molecule has 2 N–H and O–H groups in total. The number of nitrogens with two attached hydrogens (primary N) is 1. The zero-order valence-electron chi connectivity index (χ0n) is 11.3. The van der Waals surface area contributed by atoms with E-state index in [2.05, 4.69) is 30.9 Å². The van der Waals surface area contributed by atoms with Crippen LogP contribution in [0.3, 0.4) is 0 Å². The quantitative estimate of drug-likeness (QED) is 0.769. The van der Waals surface area contributed by atoms with E-state index in [0.29, 0.717) is 10.9 Å². The Morgan fingerprint density at radius 2 is 1.94 bits per heavy atom. The van der Waals surface area contributed by atoms with Gasteiger partial charge in [0.1, 0.15) is 4.99 Å². The topological polar surface area (TPSA) is 38.5 Å². The molecule has 0 amide bonds. The molecule has 0 spiro atoms. The van der Waals surface area contributed by atoms with E-state index in [4.69, 9.17) is 22.7 Å². The minimum atomic E-state index is 0.439. The van der Waals surface area contributed by atoms with Gasteiger partial charge >= 0.3 is 0 Å². The van der Waals surface area contributed by atoms with E-state index < -0.39 is 0 Å². The van der Waals surface area contributed by atoms with Gasteiger partial charge in [0.25, 0.3) is 0 Å². The highest BCUT2D eigenvalue weighted by Gasteiger charge is 2.08. The summed E-state index contributed by atoms with van der Waals surface area (Å²) >= 11 is 4.96. The second-order valence-corrected chi connectivity index (χ2v) is 5.18. The largest absolute Gasteiger partial charge is 0.389 e. The standard InChI is InChI=1S/C14H22N2OS/c1-11(2)10-16(8-9-17-3)13-6-4-12(5-7-13)14(15)18/h4-7,11H,8-10H2,1-3H3,(H2,15,18). The average Bonchev–Trinajstić information content (AvgIpc) is 2.34. The molecule has 18 heavy (non-hydrogen) atoms. The van der Waals surface area contributed by atoms with E-state index in [-0.39, 0.29) is 0 Å². The molecular formula is C14H22N2OS. The van der Waals surface area contributed by atoms with Crippen molar-refractivity contribution in [3.05, 3.63) is 29.8 Å². The third kappa shape index (κ3) is 4.63. The van der Waals surface area contributed by atoms with Gasteiger partial charge in [-0.1, -0.05) is 26.1 Å². The minimum absolute atomic E-state index is 0.439. The van der Waals surface area contributed by atoms with Crippen LogP contribution in [0.2, 0.25) is 0 Å². The maximum absolute atomic E-state index is 5.60. The molecule has 0 aliphatic carbocycles. The van der Waals surface area contributed by atoms with E-state index in [0.717, 1.165) is 25.3 Å². The molecule has 0 aromatic heterocycles. The highest BCUT2D eigenvalue weighted by atomic mass is 32.1. The summed E-state index contributed by atoms with van der Waals surface area (Å²) in [5.74, 6) is 0.608. The number of hydrogen-bond donors (Lipinski definition) is 1. The lowest BCUT2D eigenvalue weighted by atomic mass is 10.1. The van der Waals surface area contributed by atoms with Gasteiger partial charge in [0, 0.05) is 31.5 Å². The molecule has 1 rings (SSSR count). The summed E-state index contributed by atoms with van der Waals surface area (Å²) in [5.41, 5.74) is 7.69. The molecule has 0 bridgehead atoms. The van der Waals surface area contributed by atoms with Crippen molar-refractivity contribution in [2.24, 2.45) is 11.7 Å². The fourth-order valence-corrected chi connectivity index (χ4v) is 1.94. The molecule has 0 saturated carbocycles. The van der Waals surface area contributed by atoms with Crippen molar-refractivity contribution in [2.45, 2.75) is 13.8 Å². The van der Waals surface area contributed by atoms with Crippen molar-refractivity contribution in [1.29, 1.82) is 0 Å². The molecule has 4 heteroatoms. The monoisotopic (exact) mass is 266 g/mol. The van der Waals surface area contributed by atoms with Crippen molar-refractivity contribution < 1.29 is 4.74 Å². The van der Waals surface area contributed by atoms with E-state index >= 15 is 0 Å². The molecule has 0 fully saturated rings. The lowest BCUT2D eigenvalue weighted by Crippen LogP contribution is -2.30.